The molecule has 2 aromatic carbocycles. The second kappa shape index (κ2) is 8.71. The fourth-order valence-electron chi connectivity index (χ4n) is 2.86. The monoisotopic (exact) mass is 407 g/mol. The molecule has 1 aromatic heterocycles. The number of nitrogens with one attached hydrogen (secondary N) is 1. The Morgan fingerprint density at radius 2 is 1.90 bits per heavy atom. The minimum Gasteiger partial charge on any atom is -0.324 e. The molecule has 7 nitrogen and oxygen atoms in total. The molecule has 0 aliphatic heterocycles. The lowest BCUT2D eigenvalue weighted by Gasteiger charge is -2.20. The van der Waals surface area contributed by atoms with Gasteiger partial charge in [0, 0.05) is 24.6 Å². The van der Waals surface area contributed by atoms with Gasteiger partial charge in [0.05, 0.1) is 23.6 Å². The van der Waals surface area contributed by atoms with Gasteiger partial charge in [0.1, 0.15) is 0 Å². The van der Waals surface area contributed by atoms with Crippen LogP contribution in [0.1, 0.15) is 16.8 Å². The maximum atomic E-state index is 11.9. The van der Waals surface area contributed by atoms with Crippen molar-refractivity contribution in [2.45, 2.75) is 12.8 Å². The number of nitriles is 1. The molecule has 0 fully saturated rings. The molecule has 0 aliphatic rings. The predicted octanol–water partition coefficient (Wildman–Crippen LogP) is 3.27. The Labute approximate surface area is 170 Å². The first-order valence-corrected chi connectivity index (χ1v) is 10.8. The third kappa shape index (κ3) is 5.30. The van der Waals surface area contributed by atoms with Crippen LogP contribution in [0.2, 0.25) is 0 Å². The number of hydrogen-bond acceptors (Lipinski definition) is 6. The molecule has 0 bridgehead atoms. The van der Waals surface area contributed by atoms with Crippen molar-refractivity contribution in [3.05, 3.63) is 77.6 Å². The molecule has 148 valence electrons. The molecule has 1 N–H and O–H groups in total. The predicted molar refractivity (Wildman–Crippen MR) is 114 cm³/mol. The average molecular weight is 407 g/mol. The van der Waals surface area contributed by atoms with Crippen molar-refractivity contribution in [2.24, 2.45) is 0 Å². The summed E-state index contributed by atoms with van der Waals surface area (Å²) < 4.78 is 25.1. The summed E-state index contributed by atoms with van der Waals surface area (Å²) in [6.45, 7) is 0. The van der Waals surface area contributed by atoms with Crippen LogP contribution in [0.5, 0.6) is 0 Å². The van der Waals surface area contributed by atoms with Crippen LogP contribution < -0.4 is 9.62 Å². The third-order valence-corrected chi connectivity index (χ3v) is 5.63. The molecule has 0 amide bonds. The molecular weight excluding hydrogens is 386 g/mol. The van der Waals surface area contributed by atoms with E-state index in [2.05, 4.69) is 21.4 Å². The van der Waals surface area contributed by atoms with Gasteiger partial charge in [0.15, 0.2) is 0 Å². The van der Waals surface area contributed by atoms with E-state index in [0.717, 1.165) is 16.9 Å². The van der Waals surface area contributed by atoms with Crippen molar-refractivity contribution in [2.75, 3.05) is 22.9 Å². The van der Waals surface area contributed by atoms with Crippen LogP contribution in [0, 0.1) is 11.3 Å². The molecule has 29 heavy (non-hydrogen) atoms. The number of sulfonamides is 1. The Bertz CT molecular complexity index is 1160. The van der Waals surface area contributed by atoms with Crippen molar-refractivity contribution in [1.29, 1.82) is 5.26 Å². The number of para-hydroxylation sites is 1. The molecule has 1 heterocycles. The highest BCUT2D eigenvalue weighted by atomic mass is 32.2. The lowest BCUT2D eigenvalue weighted by molar-refractivity contribution is 0.600. The highest BCUT2D eigenvalue weighted by Gasteiger charge is 2.15. The molecule has 0 spiro atoms. The molecule has 8 heteroatoms. The Morgan fingerprint density at radius 3 is 2.66 bits per heavy atom. The van der Waals surface area contributed by atoms with Crippen molar-refractivity contribution >= 4 is 27.3 Å². The molecule has 0 unspecified atom stereocenters. The summed E-state index contributed by atoms with van der Waals surface area (Å²) in [6.07, 6.45) is 4.13. The van der Waals surface area contributed by atoms with Gasteiger partial charge in [-0.3, -0.25) is 4.31 Å². The van der Waals surface area contributed by atoms with Crippen molar-refractivity contribution in [3.63, 3.8) is 0 Å². The van der Waals surface area contributed by atoms with Gasteiger partial charge in [-0.05, 0) is 48.7 Å². The van der Waals surface area contributed by atoms with E-state index in [0.29, 0.717) is 30.0 Å². The molecule has 0 saturated carbocycles. The summed E-state index contributed by atoms with van der Waals surface area (Å²) in [7, 11) is -1.78. The van der Waals surface area contributed by atoms with E-state index in [1.54, 1.807) is 37.5 Å². The number of hydrogen-bond donors (Lipinski definition) is 1. The zero-order valence-electron chi connectivity index (χ0n) is 16.2. The van der Waals surface area contributed by atoms with E-state index in [1.807, 2.05) is 30.3 Å². The molecule has 3 rings (SSSR count). The lowest BCUT2D eigenvalue weighted by Crippen LogP contribution is -2.26. The van der Waals surface area contributed by atoms with Crippen LogP contribution in [0.3, 0.4) is 0 Å². The van der Waals surface area contributed by atoms with Gasteiger partial charge >= 0.3 is 0 Å². The summed E-state index contributed by atoms with van der Waals surface area (Å²) in [5.41, 5.74) is 3.71. The van der Waals surface area contributed by atoms with Crippen LogP contribution in [0.25, 0.3) is 0 Å². The van der Waals surface area contributed by atoms with Crippen LogP contribution >= 0.6 is 0 Å². The van der Waals surface area contributed by atoms with Gasteiger partial charge in [-0.25, -0.2) is 18.4 Å². The fourth-order valence-corrected chi connectivity index (χ4v) is 3.40. The first-order chi connectivity index (χ1) is 13.9. The van der Waals surface area contributed by atoms with Gasteiger partial charge in [0.25, 0.3) is 0 Å². The second-order valence-corrected chi connectivity index (χ2v) is 8.56. The van der Waals surface area contributed by atoms with Crippen molar-refractivity contribution < 1.29 is 8.42 Å². The Kier molecular flexibility index (Phi) is 6.10. The Balaban J connectivity index is 1.74. The second-order valence-electron chi connectivity index (χ2n) is 6.55. The van der Waals surface area contributed by atoms with E-state index in [4.69, 9.17) is 5.26 Å². The zero-order valence-corrected chi connectivity index (χ0v) is 17.0. The SMILES string of the molecule is CN(c1ccccc1CCc1ccnc(Nc2cccc(C#N)c2)n1)S(C)(=O)=O. The smallest absolute Gasteiger partial charge is 0.232 e. The fraction of sp³-hybridized carbons (Fsp3) is 0.190. The van der Waals surface area contributed by atoms with Gasteiger partial charge in [-0.15, -0.1) is 0 Å². The van der Waals surface area contributed by atoms with Crippen LogP contribution in [0.15, 0.2) is 60.8 Å². The van der Waals surface area contributed by atoms with E-state index < -0.39 is 10.0 Å². The molecule has 0 aliphatic carbocycles. The minimum absolute atomic E-state index is 0.444. The summed E-state index contributed by atoms with van der Waals surface area (Å²) in [5, 5.41) is 12.1. The number of aryl methyl sites for hydroxylation is 2. The van der Waals surface area contributed by atoms with Crippen LogP contribution in [-0.2, 0) is 22.9 Å². The Morgan fingerprint density at radius 1 is 1.10 bits per heavy atom. The highest BCUT2D eigenvalue weighted by Crippen LogP contribution is 2.23. The van der Waals surface area contributed by atoms with E-state index >= 15 is 0 Å². The van der Waals surface area contributed by atoms with Gasteiger partial charge in [0.2, 0.25) is 16.0 Å². The number of aromatic nitrogens is 2. The molecule has 0 saturated heterocycles. The van der Waals surface area contributed by atoms with Gasteiger partial charge < -0.3 is 5.32 Å². The molecule has 0 atom stereocenters. The number of anilines is 3. The zero-order chi connectivity index (χ0) is 20.9. The topological polar surface area (TPSA) is 99.0 Å². The van der Waals surface area contributed by atoms with Crippen molar-refractivity contribution in [3.8, 4) is 6.07 Å². The van der Waals surface area contributed by atoms with Crippen LogP contribution in [-0.4, -0.2) is 31.7 Å². The first-order valence-electron chi connectivity index (χ1n) is 8.98. The first kappa shape index (κ1) is 20.3. The summed E-state index contributed by atoms with van der Waals surface area (Å²) in [6, 6.07) is 18.5. The van der Waals surface area contributed by atoms with Gasteiger partial charge in [-0.1, -0.05) is 24.3 Å². The quantitative estimate of drug-likeness (QED) is 0.645. The summed E-state index contributed by atoms with van der Waals surface area (Å²) in [4.78, 5) is 8.76. The maximum Gasteiger partial charge on any atom is 0.232 e. The maximum absolute atomic E-state index is 11.9. The number of rotatable bonds is 7. The third-order valence-electron chi connectivity index (χ3n) is 4.44. The minimum atomic E-state index is -3.33. The van der Waals surface area contributed by atoms with E-state index in [-0.39, 0.29) is 0 Å². The molecule has 0 radical (unpaired) electrons. The van der Waals surface area contributed by atoms with E-state index in [9.17, 15) is 8.42 Å². The van der Waals surface area contributed by atoms with Gasteiger partial charge in [-0.2, -0.15) is 5.26 Å². The normalized spacial score (nSPS) is 10.9. The summed E-state index contributed by atoms with van der Waals surface area (Å²) in [5.74, 6) is 0.444. The van der Waals surface area contributed by atoms with E-state index in [1.165, 1.54) is 10.6 Å². The number of nitrogens with zero attached hydrogens (tertiary/aromatic N) is 4. The molecular formula is C21H21N5O2S. The van der Waals surface area contributed by atoms with Crippen molar-refractivity contribution in [1.82, 2.24) is 9.97 Å². The average Bonchev–Trinajstić information content (AvgIpc) is 2.71. The van der Waals surface area contributed by atoms with Crippen LogP contribution in [0.4, 0.5) is 17.3 Å². The Hall–Kier alpha value is -3.44. The molecule has 3 aromatic rings. The number of benzene rings is 2. The largest absolute Gasteiger partial charge is 0.324 e. The summed E-state index contributed by atoms with van der Waals surface area (Å²) >= 11 is 0. The highest BCUT2D eigenvalue weighted by molar-refractivity contribution is 7.92. The standard InChI is InChI=1S/C21H21N5O2S/c1-26(29(2,27)28)20-9-4-3-7-17(20)10-11-18-12-13-23-21(24-18)25-19-8-5-6-16(14-19)15-22/h3-9,12-14H,10-11H2,1-2H3,(H,23,24,25). The lowest BCUT2D eigenvalue weighted by atomic mass is 10.1.